The fourth-order valence-electron chi connectivity index (χ4n) is 6.77. The molecule has 0 saturated heterocycles. The van der Waals surface area contributed by atoms with E-state index in [0.29, 0.717) is 36.9 Å². The summed E-state index contributed by atoms with van der Waals surface area (Å²) >= 11 is 0. The third-order valence-corrected chi connectivity index (χ3v) is 8.31. The lowest BCUT2D eigenvalue weighted by atomic mass is 9.42. The van der Waals surface area contributed by atoms with E-state index in [1.807, 2.05) is 6.08 Å². The molecule has 0 aliphatic heterocycles. The quantitative estimate of drug-likeness (QED) is 0.746. The summed E-state index contributed by atoms with van der Waals surface area (Å²) in [5, 5.41) is 11.8. The fraction of sp³-hybridized carbons (Fsp3) is 0.800. The average Bonchev–Trinajstić information content (AvgIpc) is 2.80. The number of carbonyl (C=O) groups excluding carboxylic acids is 2. The second-order valence-electron chi connectivity index (χ2n) is 9.12. The van der Waals surface area contributed by atoms with Crippen LogP contribution in [0.15, 0.2) is 12.2 Å². The highest BCUT2D eigenvalue weighted by molar-refractivity contribution is 5.91. The predicted octanol–water partition coefficient (Wildman–Crippen LogP) is 3.30. The fourth-order valence-corrected chi connectivity index (χ4v) is 6.77. The minimum atomic E-state index is -0.768. The molecule has 4 rings (SSSR count). The molecule has 0 spiro atoms. The zero-order valence-electron chi connectivity index (χ0n) is 14.5. The number of allylic oxidation sites excluding steroid dienone is 1. The zero-order valence-corrected chi connectivity index (χ0v) is 14.5. The van der Waals surface area contributed by atoms with Crippen LogP contribution in [0.25, 0.3) is 0 Å². The molecule has 3 heteroatoms. The molecular weight excluding hydrogens is 288 g/mol. The average molecular weight is 316 g/mol. The topological polar surface area (TPSA) is 54.4 Å². The number of Topliss-reactive ketones (excluding diaryl/α,β-unsaturated/α-hetero) is 1. The summed E-state index contributed by atoms with van der Waals surface area (Å²) in [4.78, 5) is 24.4. The third-order valence-electron chi connectivity index (χ3n) is 8.31. The van der Waals surface area contributed by atoms with E-state index in [-0.39, 0.29) is 28.4 Å². The first-order valence-electron chi connectivity index (χ1n) is 9.20. The van der Waals surface area contributed by atoms with Crippen LogP contribution in [0.4, 0.5) is 0 Å². The maximum atomic E-state index is 12.5. The Hall–Kier alpha value is -0.960. The van der Waals surface area contributed by atoms with Gasteiger partial charge in [0.05, 0.1) is 5.60 Å². The van der Waals surface area contributed by atoms with E-state index in [1.165, 1.54) is 0 Å². The largest absolute Gasteiger partial charge is 0.389 e. The maximum Gasteiger partial charge on any atom is 0.155 e. The monoisotopic (exact) mass is 316 g/mol. The summed E-state index contributed by atoms with van der Waals surface area (Å²) < 4.78 is 0. The number of fused-ring (bicyclic) bond motifs is 5. The van der Waals surface area contributed by atoms with Gasteiger partial charge in [-0.15, -0.1) is 0 Å². The molecule has 1 N–H and O–H groups in total. The summed E-state index contributed by atoms with van der Waals surface area (Å²) in [6.45, 7) is 6.52. The number of hydrogen-bond donors (Lipinski definition) is 1. The van der Waals surface area contributed by atoms with E-state index in [4.69, 9.17) is 0 Å². The van der Waals surface area contributed by atoms with Crippen molar-refractivity contribution in [3.63, 3.8) is 0 Å². The molecule has 4 aliphatic carbocycles. The smallest absolute Gasteiger partial charge is 0.155 e. The lowest BCUT2D eigenvalue weighted by Crippen LogP contribution is -2.66. The Morgan fingerprint density at radius 2 is 1.87 bits per heavy atom. The lowest BCUT2D eigenvalue weighted by Gasteiger charge is -2.64. The summed E-state index contributed by atoms with van der Waals surface area (Å²) in [7, 11) is 0. The molecular formula is C20H28O3. The van der Waals surface area contributed by atoms with Gasteiger partial charge < -0.3 is 5.11 Å². The van der Waals surface area contributed by atoms with Crippen LogP contribution < -0.4 is 0 Å². The van der Waals surface area contributed by atoms with Crippen LogP contribution in [0.2, 0.25) is 0 Å². The van der Waals surface area contributed by atoms with Crippen LogP contribution in [0.1, 0.15) is 59.3 Å². The number of rotatable bonds is 0. The van der Waals surface area contributed by atoms with E-state index >= 15 is 0 Å². The van der Waals surface area contributed by atoms with Gasteiger partial charge in [-0.2, -0.15) is 0 Å². The molecule has 0 bridgehead atoms. The van der Waals surface area contributed by atoms with Crippen LogP contribution >= 0.6 is 0 Å². The van der Waals surface area contributed by atoms with Crippen molar-refractivity contribution in [1.29, 1.82) is 0 Å². The summed E-state index contributed by atoms with van der Waals surface area (Å²) in [6, 6.07) is 0. The number of hydrogen-bond acceptors (Lipinski definition) is 3. The van der Waals surface area contributed by atoms with E-state index in [9.17, 15) is 14.7 Å². The molecule has 0 aromatic carbocycles. The van der Waals surface area contributed by atoms with Gasteiger partial charge in [-0.3, -0.25) is 9.59 Å². The molecule has 3 saturated carbocycles. The van der Waals surface area contributed by atoms with Gasteiger partial charge >= 0.3 is 0 Å². The minimum absolute atomic E-state index is 0.182. The highest BCUT2D eigenvalue weighted by atomic mass is 16.3. The Labute approximate surface area is 138 Å². The molecule has 3 fully saturated rings. The Morgan fingerprint density at radius 3 is 2.61 bits per heavy atom. The van der Waals surface area contributed by atoms with Crippen molar-refractivity contribution in [3.05, 3.63) is 12.2 Å². The maximum absolute atomic E-state index is 12.5. The molecule has 3 nitrogen and oxygen atoms in total. The molecule has 0 aromatic rings. The van der Waals surface area contributed by atoms with Crippen molar-refractivity contribution in [2.75, 3.05) is 0 Å². The summed E-state index contributed by atoms with van der Waals surface area (Å²) in [5.74, 6) is 1.72. The predicted molar refractivity (Wildman–Crippen MR) is 87.7 cm³/mol. The van der Waals surface area contributed by atoms with Crippen LogP contribution in [0.5, 0.6) is 0 Å². The molecule has 0 aromatic heterocycles. The first kappa shape index (κ1) is 15.6. The molecule has 4 aliphatic rings. The van der Waals surface area contributed by atoms with Gasteiger partial charge in [0.25, 0.3) is 0 Å². The van der Waals surface area contributed by atoms with Crippen molar-refractivity contribution in [3.8, 4) is 0 Å². The van der Waals surface area contributed by atoms with Gasteiger partial charge in [0, 0.05) is 23.7 Å². The van der Waals surface area contributed by atoms with E-state index in [1.54, 1.807) is 6.08 Å². The van der Waals surface area contributed by atoms with Crippen LogP contribution in [0, 0.1) is 34.5 Å². The molecule has 23 heavy (non-hydrogen) atoms. The molecule has 0 heterocycles. The highest BCUT2D eigenvalue weighted by Crippen LogP contribution is 2.67. The van der Waals surface area contributed by atoms with Gasteiger partial charge in [-0.05, 0) is 55.4 Å². The van der Waals surface area contributed by atoms with E-state index in [2.05, 4.69) is 20.8 Å². The Kier molecular flexibility index (Phi) is 3.09. The van der Waals surface area contributed by atoms with Crippen LogP contribution in [0.3, 0.4) is 0 Å². The van der Waals surface area contributed by atoms with Crippen LogP contribution in [-0.2, 0) is 9.59 Å². The molecule has 126 valence electrons. The minimum Gasteiger partial charge on any atom is -0.389 e. The van der Waals surface area contributed by atoms with Gasteiger partial charge in [-0.25, -0.2) is 0 Å². The standard InChI is InChI=1S/C20H28O3/c1-12-10-16-14-4-5-17(22)18(14,2)8-9-20(16,23)19(3)7-6-13(21)11-15(12)19/h6-7,12,14-16,23H,4-5,8-11H2,1-3H3/t12?,14-,15?,16-,18-,19-,20-/m0/s1. The molecule has 0 amide bonds. The highest BCUT2D eigenvalue weighted by Gasteiger charge is 2.67. The van der Waals surface area contributed by atoms with Gasteiger partial charge in [0.1, 0.15) is 5.78 Å². The number of ketones is 2. The first-order valence-corrected chi connectivity index (χ1v) is 9.20. The van der Waals surface area contributed by atoms with Gasteiger partial charge in [0.2, 0.25) is 0 Å². The molecule has 2 unspecified atom stereocenters. The Morgan fingerprint density at radius 1 is 1.13 bits per heavy atom. The van der Waals surface area contributed by atoms with Gasteiger partial charge in [-0.1, -0.05) is 26.8 Å². The first-order chi connectivity index (χ1) is 10.7. The van der Waals surface area contributed by atoms with E-state index < -0.39 is 5.60 Å². The van der Waals surface area contributed by atoms with Crippen molar-refractivity contribution in [2.45, 2.75) is 64.9 Å². The Balaban J connectivity index is 1.80. The second kappa shape index (κ2) is 4.56. The van der Waals surface area contributed by atoms with Crippen molar-refractivity contribution in [2.24, 2.45) is 34.5 Å². The van der Waals surface area contributed by atoms with Crippen molar-refractivity contribution in [1.82, 2.24) is 0 Å². The summed E-state index contributed by atoms with van der Waals surface area (Å²) in [5.41, 5.74) is -1.33. The number of aliphatic hydroxyl groups is 1. The zero-order chi connectivity index (χ0) is 16.6. The van der Waals surface area contributed by atoms with Gasteiger partial charge in [0.15, 0.2) is 5.78 Å². The number of carbonyl (C=O) groups is 2. The summed E-state index contributed by atoms with van der Waals surface area (Å²) in [6.07, 6.45) is 8.30. The van der Waals surface area contributed by atoms with Crippen molar-refractivity contribution < 1.29 is 14.7 Å². The lowest BCUT2D eigenvalue weighted by molar-refractivity contribution is -0.217. The second-order valence-corrected chi connectivity index (χ2v) is 9.12. The third kappa shape index (κ3) is 1.75. The van der Waals surface area contributed by atoms with Crippen LogP contribution in [-0.4, -0.2) is 22.3 Å². The van der Waals surface area contributed by atoms with E-state index in [0.717, 1.165) is 19.3 Å². The van der Waals surface area contributed by atoms with Crippen molar-refractivity contribution >= 4 is 11.6 Å². The molecule has 0 radical (unpaired) electrons. The normalized spacial score (nSPS) is 55.3. The molecule has 7 atom stereocenters. The Bertz CT molecular complexity index is 608. The SMILES string of the molecule is CC1C[C@H]2[C@@H]3CCC(=O)[C@@]3(C)CC[C@@]2(O)[C@@]2(C)C=CC(=O)CC12.